The highest BCUT2D eigenvalue weighted by atomic mass is 16.1. The summed E-state index contributed by atoms with van der Waals surface area (Å²) in [4.78, 5) is 12.6. The molecule has 0 unspecified atom stereocenters. The maximum atomic E-state index is 12.6. The molecule has 21 heavy (non-hydrogen) atoms. The molecule has 1 fully saturated rings. The average Bonchev–Trinajstić information content (AvgIpc) is 2.77. The zero-order chi connectivity index (χ0) is 14.7. The SMILES string of the molecule is C[C@@H]1C/C(=C/c2ccccc2)C(=O)/C1=C\c1ccccc1. The molecule has 1 saturated carbocycles. The van der Waals surface area contributed by atoms with Crippen LogP contribution in [0.2, 0.25) is 0 Å². The second-order valence-corrected chi connectivity index (χ2v) is 5.52. The first-order valence-electron chi connectivity index (χ1n) is 7.31. The number of hydrogen-bond acceptors (Lipinski definition) is 1. The number of hydrogen-bond donors (Lipinski definition) is 0. The highest BCUT2D eigenvalue weighted by Crippen LogP contribution is 2.34. The van der Waals surface area contributed by atoms with Gasteiger partial charge in [0.2, 0.25) is 0 Å². The summed E-state index contributed by atoms with van der Waals surface area (Å²) in [5, 5.41) is 0. The lowest BCUT2D eigenvalue weighted by atomic mass is 10.0. The molecular weight excluding hydrogens is 256 g/mol. The molecule has 0 amide bonds. The van der Waals surface area contributed by atoms with Gasteiger partial charge in [0.25, 0.3) is 0 Å². The maximum Gasteiger partial charge on any atom is 0.185 e. The molecule has 0 aromatic heterocycles. The van der Waals surface area contributed by atoms with E-state index in [2.05, 4.69) is 6.92 Å². The van der Waals surface area contributed by atoms with Crippen LogP contribution < -0.4 is 0 Å². The minimum atomic E-state index is 0.190. The molecule has 0 aliphatic heterocycles. The first kappa shape index (κ1) is 13.6. The third kappa shape index (κ3) is 3.03. The summed E-state index contributed by atoms with van der Waals surface area (Å²) in [5.74, 6) is 0.475. The standard InChI is InChI=1S/C20H18O/c1-15-12-18(13-16-8-4-2-5-9-16)20(21)19(15)14-17-10-6-3-7-11-17/h2-11,13-15H,12H2,1H3/b18-13-,19-14-/t15-/m1/s1. The fraction of sp³-hybridized carbons (Fsp3) is 0.150. The van der Waals surface area contributed by atoms with Crippen LogP contribution >= 0.6 is 0 Å². The third-order valence-electron chi connectivity index (χ3n) is 3.87. The van der Waals surface area contributed by atoms with Crippen LogP contribution in [0.3, 0.4) is 0 Å². The Morgan fingerprint density at radius 2 is 1.38 bits per heavy atom. The van der Waals surface area contributed by atoms with E-state index in [1.54, 1.807) is 0 Å². The molecule has 1 heteroatoms. The van der Waals surface area contributed by atoms with E-state index in [1.807, 2.05) is 72.8 Å². The Labute approximate surface area is 125 Å². The first-order valence-corrected chi connectivity index (χ1v) is 7.31. The van der Waals surface area contributed by atoms with Crippen LogP contribution in [0, 0.1) is 5.92 Å². The molecule has 1 nitrogen and oxygen atoms in total. The van der Waals surface area contributed by atoms with Gasteiger partial charge in [-0.05, 0) is 35.6 Å². The lowest BCUT2D eigenvalue weighted by Gasteiger charge is -2.01. The Morgan fingerprint density at radius 3 is 1.95 bits per heavy atom. The Morgan fingerprint density at radius 1 is 0.857 bits per heavy atom. The molecular formula is C20H18O. The molecule has 2 aromatic rings. The fourth-order valence-corrected chi connectivity index (χ4v) is 2.75. The van der Waals surface area contributed by atoms with Crippen molar-refractivity contribution in [1.82, 2.24) is 0 Å². The molecule has 3 rings (SSSR count). The molecule has 104 valence electrons. The number of carbonyl (C=O) groups is 1. The monoisotopic (exact) mass is 274 g/mol. The van der Waals surface area contributed by atoms with Crippen molar-refractivity contribution in [3.8, 4) is 0 Å². The average molecular weight is 274 g/mol. The summed E-state index contributed by atoms with van der Waals surface area (Å²) in [6, 6.07) is 20.1. The summed E-state index contributed by atoms with van der Waals surface area (Å²) in [7, 11) is 0. The topological polar surface area (TPSA) is 17.1 Å². The lowest BCUT2D eigenvalue weighted by molar-refractivity contribution is -0.111. The van der Waals surface area contributed by atoms with E-state index in [4.69, 9.17) is 0 Å². The second kappa shape index (κ2) is 5.92. The van der Waals surface area contributed by atoms with E-state index in [0.717, 1.165) is 28.7 Å². The van der Waals surface area contributed by atoms with Crippen LogP contribution in [-0.2, 0) is 4.79 Å². The van der Waals surface area contributed by atoms with Gasteiger partial charge in [-0.1, -0.05) is 67.6 Å². The van der Waals surface area contributed by atoms with Gasteiger partial charge in [-0.15, -0.1) is 0 Å². The lowest BCUT2D eigenvalue weighted by Crippen LogP contribution is -1.98. The van der Waals surface area contributed by atoms with Gasteiger partial charge in [0.05, 0.1) is 0 Å². The van der Waals surface area contributed by atoms with Crippen molar-refractivity contribution in [2.75, 3.05) is 0 Å². The summed E-state index contributed by atoms with van der Waals surface area (Å²) in [5.41, 5.74) is 4.02. The number of ketones is 1. The minimum absolute atomic E-state index is 0.190. The molecule has 1 aliphatic carbocycles. The van der Waals surface area contributed by atoms with E-state index < -0.39 is 0 Å². The zero-order valence-electron chi connectivity index (χ0n) is 12.1. The maximum absolute atomic E-state index is 12.6. The quantitative estimate of drug-likeness (QED) is 0.721. The molecule has 0 bridgehead atoms. The van der Waals surface area contributed by atoms with Crippen LogP contribution in [-0.4, -0.2) is 5.78 Å². The first-order chi connectivity index (χ1) is 10.2. The number of Topliss-reactive ketones (excluding diaryl/α,β-unsaturated/α-hetero) is 1. The molecule has 2 aromatic carbocycles. The van der Waals surface area contributed by atoms with Crippen molar-refractivity contribution in [2.24, 2.45) is 5.92 Å². The van der Waals surface area contributed by atoms with E-state index in [9.17, 15) is 4.79 Å². The Hall–Kier alpha value is -2.41. The van der Waals surface area contributed by atoms with E-state index in [0.29, 0.717) is 0 Å². The fourth-order valence-electron chi connectivity index (χ4n) is 2.75. The van der Waals surface area contributed by atoms with E-state index in [-0.39, 0.29) is 11.7 Å². The van der Waals surface area contributed by atoms with Crippen LogP contribution in [0.1, 0.15) is 24.5 Å². The van der Waals surface area contributed by atoms with Crippen molar-refractivity contribution < 1.29 is 4.79 Å². The molecule has 1 atom stereocenters. The van der Waals surface area contributed by atoms with Gasteiger partial charge in [-0.2, -0.15) is 0 Å². The van der Waals surface area contributed by atoms with Crippen LogP contribution in [0.5, 0.6) is 0 Å². The molecule has 0 saturated heterocycles. The zero-order valence-corrected chi connectivity index (χ0v) is 12.1. The van der Waals surface area contributed by atoms with Crippen molar-refractivity contribution in [3.63, 3.8) is 0 Å². The second-order valence-electron chi connectivity index (χ2n) is 5.52. The van der Waals surface area contributed by atoms with Gasteiger partial charge in [0.1, 0.15) is 0 Å². The van der Waals surface area contributed by atoms with Gasteiger partial charge in [0, 0.05) is 11.1 Å². The van der Waals surface area contributed by atoms with Gasteiger partial charge in [0.15, 0.2) is 5.78 Å². The van der Waals surface area contributed by atoms with Crippen molar-refractivity contribution in [1.29, 1.82) is 0 Å². The van der Waals surface area contributed by atoms with Crippen molar-refractivity contribution >= 4 is 17.9 Å². The number of allylic oxidation sites excluding steroid dienone is 2. The molecule has 1 aliphatic rings. The van der Waals surface area contributed by atoms with E-state index >= 15 is 0 Å². The Balaban J connectivity index is 1.91. The summed E-state index contributed by atoms with van der Waals surface area (Å²) >= 11 is 0. The van der Waals surface area contributed by atoms with Crippen LogP contribution in [0.4, 0.5) is 0 Å². The number of benzene rings is 2. The molecule has 0 radical (unpaired) electrons. The molecule has 0 N–H and O–H groups in total. The van der Waals surface area contributed by atoms with Gasteiger partial charge < -0.3 is 0 Å². The minimum Gasteiger partial charge on any atom is -0.289 e. The largest absolute Gasteiger partial charge is 0.289 e. The summed E-state index contributed by atoms with van der Waals surface area (Å²) in [6.07, 6.45) is 4.87. The summed E-state index contributed by atoms with van der Waals surface area (Å²) in [6.45, 7) is 2.12. The number of carbonyl (C=O) groups excluding carboxylic acids is 1. The predicted octanol–water partition coefficient (Wildman–Crippen LogP) is 4.76. The highest BCUT2D eigenvalue weighted by Gasteiger charge is 2.29. The number of rotatable bonds is 2. The van der Waals surface area contributed by atoms with Gasteiger partial charge in [-0.3, -0.25) is 4.79 Å². The van der Waals surface area contributed by atoms with Crippen LogP contribution in [0.15, 0.2) is 71.8 Å². The smallest absolute Gasteiger partial charge is 0.185 e. The van der Waals surface area contributed by atoms with Gasteiger partial charge >= 0.3 is 0 Å². The predicted molar refractivity (Wildman–Crippen MR) is 87.6 cm³/mol. The van der Waals surface area contributed by atoms with Crippen LogP contribution in [0.25, 0.3) is 12.2 Å². The van der Waals surface area contributed by atoms with Crippen molar-refractivity contribution in [3.05, 3.63) is 82.9 Å². The van der Waals surface area contributed by atoms with Crippen molar-refractivity contribution in [2.45, 2.75) is 13.3 Å². The third-order valence-corrected chi connectivity index (χ3v) is 3.87. The molecule has 0 heterocycles. The van der Waals surface area contributed by atoms with E-state index in [1.165, 1.54) is 0 Å². The normalized spacial score (nSPS) is 22.1. The highest BCUT2D eigenvalue weighted by molar-refractivity contribution is 6.16. The summed E-state index contributed by atoms with van der Waals surface area (Å²) < 4.78 is 0. The Bertz CT molecular complexity index is 693. The van der Waals surface area contributed by atoms with Gasteiger partial charge in [-0.25, -0.2) is 0 Å². The molecule has 0 spiro atoms. The Kier molecular flexibility index (Phi) is 3.83.